The highest BCUT2D eigenvalue weighted by Gasteiger charge is 2.59. The Morgan fingerprint density at radius 3 is 1.95 bits per heavy atom. The van der Waals surface area contributed by atoms with Crippen LogP contribution in [0.5, 0.6) is 0 Å². The van der Waals surface area contributed by atoms with Gasteiger partial charge < -0.3 is 4.74 Å². The molecule has 0 unspecified atom stereocenters. The molecule has 112 valence electrons. The van der Waals surface area contributed by atoms with E-state index in [1.165, 1.54) is 0 Å². The highest BCUT2D eigenvalue weighted by Crippen LogP contribution is 2.35. The fourth-order valence-electron chi connectivity index (χ4n) is 1.40. The maximum absolute atomic E-state index is 12.1. The van der Waals surface area contributed by atoms with Crippen LogP contribution < -0.4 is 0 Å². The summed E-state index contributed by atoms with van der Waals surface area (Å²) in [5, 5.41) is 0. The summed E-state index contributed by atoms with van der Waals surface area (Å²) in [6, 6.07) is 8.14. The molecule has 0 fully saturated rings. The summed E-state index contributed by atoms with van der Waals surface area (Å²) in [5.74, 6) is -1.55. The second-order valence-electron chi connectivity index (χ2n) is 3.94. The first-order chi connectivity index (χ1) is 9.10. The average Bonchev–Trinajstić information content (AvgIpc) is 2.32. The lowest BCUT2D eigenvalue weighted by Gasteiger charge is -2.22. The number of alkyl halides is 6. The Kier molecular flexibility index (Phi) is 5.02. The van der Waals surface area contributed by atoms with Gasteiger partial charge in [-0.3, -0.25) is 4.79 Å². The van der Waals surface area contributed by atoms with Gasteiger partial charge in [-0.05, 0) is 12.0 Å². The van der Waals surface area contributed by atoms with Crippen LogP contribution in [0.1, 0.15) is 12.0 Å². The molecule has 0 aliphatic carbocycles. The molecule has 1 aromatic rings. The monoisotopic (exact) mass is 300 g/mol. The van der Waals surface area contributed by atoms with Gasteiger partial charge in [0.15, 0.2) is 0 Å². The summed E-state index contributed by atoms with van der Waals surface area (Å²) in [7, 11) is 0. The van der Waals surface area contributed by atoms with E-state index < -0.39 is 30.8 Å². The number of esters is 1. The van der Waals surface area contributed by atoms with Crippen molar-refractivity contribution in [1.82, 2.24) is 0 Å². The van der Waals surface area contributed by atoms with Crippen molar-refractivity contribution >= 4 is 5.97 Å². The topological polar surface area (TPSA) is 26.3 Å². The zero-order chi connectivity index (χ0) is 15.4. The van der Waals surface area contributed by atoms with E-state index in [4.69, 9.17) is 0 Å². The number of hydrogen-bond acceptors (Lipinski definition) is 2. The van der Waals surface area contributed by atoms with Gasteiger partial charge in [0, 0.05) is 6.42 Å². The first-order valence-electron chi connectivity index (χ1n) is 5.47. The fourth-order valence-corrected chi connectivity index (χ4v) is 1.40. The van der Waals surface area contributed by atoms with E-state index in [1.807, 2.05) is 0 Å². The van der Waals surface area contributed by atoms with Crippen LogP contribution in [0.2, 0.25) is 0 Å². The first kappa shape index (κ1) is 16.3. The normalized spacial score (nSPS) is 12.6. The summed E-state index contributed by atoms with van der Waals surface area (Å²) in [6.07, 6.45) is -16.0. The molecule has 1 rings (SSSR count). The fraction of sp³-hybridized carbons (Fsp3) is 0.417. The van der Waals surface area contributed by atoms with Crippen LogP contribution in [0, 0.1) is 0 Å². The van der Waals surface area contributed by atoms with E-state index in [2.05, 4.69) is 4.74 Å². The minimum atomic E-state index is -5.68. The molecule has 0 amide bonds. The van der Waals surface area contributed by atoms with Crippen LogP contribution in [0.4, 0.5) is 26.3 Å². The molecule has 0 saturated heterocycles. The number of hydrogen-bond donors (Lipinski definition) is 0. The summed E-state index contributed by atoms with van der Waals surface area (Å²) < 4.78 is 76.4. The Hall–Kier alpha value is -1.73. The lowest BCUT2D eigenvalue weighted by atomic mass is 10.1. The Morgan fingerprint density at radius 2 is 1.50 bits per heavy atom. The number of aryl methyl sites for hydroxylation is 1. The van der Waals surface area contributed by atoms with E-state index in [0.717, 1.165) is 0 Å². The Labute approximate surface area is 110 Å². The van der Waals surface area contributed by atoms with Crippen molar-refractivity contribution in [2.75, 3.05) is 0 Å². The molecule has 0 aliphatic rings. The minimum Gasteiger partial charge on any atom is -0.443 e. The number of carbonyl (C=O) groups is 1. The van der Waals surface area contributed by atoms with Crippen molar-refractivity contribution in [3.8, 4) is 0 Å². The number of halogens is 6. The number of benzene rings is 1. The molecule has 0 saturated carbocycles. The zero-order valence-corrected chi connectivity index (χ0v) is 9.96. The van der Waals surface area contributed by atoms with Crippen LogP contribution in [-0.4, -0.2) is 24.4 Å². The molecule has 0 bridgehead atoms. The van der Waals surface area contributed by atoms with Crippen LogP contribution >= 0.6 is 0 Å². The zero-order valence-electron chi connectivity index (χ0n) is 9.96. The highest BCUT2D eigenvalue weighted by atomic mass is 19.4. The SMILES string of the molecule is O=C(CCc1ccccc1)OC(C(F)(F)F)C(F)(F)F. The first-order valence-corrected chi connectivity index (χ1v) is 5.47. The third-order valence-electron chi connectivity index (χ3n) is 2.30. The summed E-state index contributed by atoms with van der Waals surface area (Å²) in [4.78, 5) is 11.1. The molecule has 0 aliphatic heterocycles. The van der Waals surface area contributed by atoms with E-state index in [0.29, 0.717) is 5.56 Å². The van der Waals surface area contributed by atoms with Crippen molar-refractivity contribution in [2.45, 2.75) is 31.3 Å². The Morgan fingerprint density at radius 1 is 1.00 bits per heavy atom. The molecule has 1 aromatic carbocycles. The molecule has 0 heterocycles. The molecule has 8 heteroatoms. The molecule has 20 heavy (non-hydrogen) atoms. The summed E-state index contributed by atoms with van der Waals surface area (Å²) in [5.41, 5.74) is 0.611. The van der Waals surface area contributed by atoms with E-state index in [-0.39, 0.29) is 6.42 Å². The van der Waals surface area contributed by atoms with Crippen LogP contribution in [-0.2, 0) is 16.0 Å². The minimum absolute atomic E-state index is 0.00209. The predicted octanol–water partition coefficient (Wildman–Crippen LogP) is 3.66. The molecular formula is C12H10F6O2. The van der Waals surface area contributed by atoms with Crippen LogP contribution in [0.25, 0.3) is 0 Å². The lowest BCUT2D eigenvalue weighted by Crippen LogP contribution is -2.45. The van der Waals surface area contributed by atoms with Crippen LogP contribution in [0.15, 0.2) is 30.3 Å². The largest absolute Gasteiger partial charge is 0.443 e. The molecule has 0 N–H and O–H groups in total. The second-order valence-corrected chi connectivity index (χ2v) is 3.94. The number of rotatable bonds is 4. The predicted molar refractivity (Wildman–Crippen MR) is 56.8 cm³/mol. The van der Waals surface area contributed by atoms with Crippen molar-refractivity contribution < 1.29 is 35.9 Å². The maximum atomic E-state index is 12.1. The quantitative estimate of drug-likeness (QED) is 0.626. The van der Waals surface area contributed by atoms with Gasteiger partial charge in [0.1, 0.15) is 0 Å². The van der Waals surface area contributed by atoms with Gasteiger partial charge >= 0.3 is 18.3 Å². The van der Waals surface area contributed by atoms with Gasteiger partial charge in [0.05, 0.1) is 0 Å². The van der Waals surface area contributed by atoms with Gasteiger partial charge in [0.2, 0.25) is 0 Å². The Bertz CT molecular complexity index is 424. The van der Waals surface area contributed by atoms with E-state index in [9.17, 15) is 31.1 Å². The van der Waals surface area contributed by atoms with E-state index in [1.54, 1.807) is 30.3 Å². The van der Waals surface area contributed by atoms with Gasteiger partial charge in [-0.1, -0.05) is 30.3 Å². The third kappa shape index (κ3) is 5.10. The second kappa shape index (κ2) is 6.15. The molecule has 0 spiro atoms. The molecule has 0 aromatic heterocycles. The average molecular weight is 300 g/mol. The smallest absolute Gasteiger partial charge is 0.434 e. The standard InChI is InChI=1S/C12H10F6O2/c13-11(14,15)10(12(16,17)18)20-9(19)7-6-8-4-2-1-3-5-8/h1-5,10H,6-7H2. The number of carbonyl (C=O) groups excluding carboxylic acids is 1. The molecular weight excluding hydrogens is 290 g/mol. The molecule has 0 atom stereocenters. The molecule has 2 nitrogen and oxygen atoms in total. The van der Waals surface area contributed by atoms with Gasteiger partial charge in [-0.2, -0.15) is 26.3 Å². The maximum Gasteiger partial charge on any atom is 0.434 e. The molecule has 0 radical (unpaired) electrons. The Balaban J connectivity index is 2.59. The van der Waals surface area contributed by atoms with Crippen molar-refractivity contribution in [3.05, 3.63) is 35.9 Å². The highest BCUT2D eigenvalue weighted by molar-refractivity contribution is 5.70. The van der Waals surface area contributed by atoms with Gasteiger partial charge in [-0.15, -0.1) is 0 Å². The van der Waals surface area contributed by atoms with Gasteiger partial charge in [-0.25, -0.2) is 0 Å². The van der Waals surface area contributed by atoms with E-state index >= 15 is 0 Å². The van der Waals surface area contributed by atoms with Crippen LogP contribution in [0.3, 0.4) is 0 Å². The van der Waals surface area contributed by atoms with Crippen molar-refractivity contribution in [3.63, 3.8) is 0 Å². The van der Waals surface area contributed by atoms with Crippen molar-refractivity contribution in [1.29, 1.82) is 0 Å². The summed E-state index contributed by atoms with van der Waals surface area (Å²) in [6.45, 7) is 0. The third-order valence-corrected chi connectivity index (χ3v) is 2.30. The number of ether oxygens (including phenoxy) is 1. The van der Waals surface area contributed by atoms with Crippen molar-refractivity contribution in [2.24, 2.45) is 0 Å². The van der Waals surface area contributed by atoms with Gasteiger partial charge in [0.25, 0.3) is 6.10 Å². The summed E-state index contributed by atoms with van der Waals surface area (Å²) >= 11 is 0. The lowest BCUT2D eigenvalue weighted by molar-refractivity contribution is -0.313.